The number of carbonyl (C=O) groups excluding carboxylic acids is 1. The molecule has 0 unspecified atom stereocenters. The average molecular weight is 359 g/mol. The summed E-state index contributed by atoms with van der Waals surface area (Å²) in [5.74, 6) is 0.770. The van der Waals surface area contributed by atoms with Gasteiger partial charge in [0.05, 0.1) is 5.25 Å². The van der Waals surface area contributed by atoms with E-state index in [9.17, 15) is 4.79 Å². The topological polar surface area (TPSA) is 72.7 Å². The van der Waals surface area contributed by atoms with Crippen LogP contribution in [0.15, 0.2) is 47.1 Å². The Hall–Kier alpha value is -2.19. The Kier molecular flexibility index (Phi) is 5.27. The van der Waals surface area contributed by atoms with E-state index >= 15 is 0 Å². The third kappa shape index (κ3) is 3.65. The molecule has 1 amide bonds. The van der Waals surface area contributed by atoms with Crippen LogP contribution in [0.3, 0.4) is 0 Å². The van der Waals surface area contributed by atoms with Crippen LogP contribution < -0.4 is 5.32 Å². The minimum Gasteiger partial charge on any atom is -0.301 e. The molecule has 0 radical (unpaired) electrons. The summed E-state index contributed by atoms with van der Waals surface area (Å²) in [6.07, 6.45) is 2.43. The van der Waals surface area contributed by atoms with Crippen LogP contribution >= 0.6 is 23.1 Å². The molecular weight excluding hydrogens is 342 g/mol. The highest BCUT2D eigenvalue weighted by molar-refractivity contribution is 8.00. The molecule has 0 fully saturated rings. The van der Waals surface area contributed by atoms with Crippen LogP contribution in [-0.2, 0) is 11.2 Å². The fraction of sp³-hybridized carbons (Fsp3) is 0.250. The van der Waals surface area contributed by atoms with Gasteiger partial charge in [-0.05, 0) is 19.1 Å². The lowest BCUT2D eigenvalue weighted by atomic mass is 10.3. The molecule has 2 aromatic heterocycles. The summed E-state index contributed by atoms with van der Waals surface area (Å²) in [7, 11) is 0. The predicted octanol–water partition coefficient (Wildman–Crippen LogP) is 3.41. The summed E-state index contributed by atoms with van der Waals surface area (Å²) in [5, 5.41) is 14.2. The smallest absolute Gasteiger partial charge is 0.239 e. The molecule has 0 aliphatic carbocycles. The number of benzene rings is 1. The Morgan fingerprint density at radius 1 is 1.33 bits per heavy atom. The van der Waals surface area contributed by atoms with Gasteiger partial charge >= 0.3 is 0 Å². The van der Waals surface area contributed by atoms with Crippen LogP contribution in [0.2, 0.25) is 0 Å². The molecule has 0 spiro atoms. The maximum absolute atomic E-state index is 12.3. The van der Waals surface area contributed by atoms with E-state index in [4.69, 9.17) is 0 Å². The molecule has 1 atom stereocenters. The van der Waals surface area contributed by atoms with Crippen molar-refractivity contribution in [3.8, 4) is 5.69 Å². The van der Waals surface area contributed by atoms with Crippen LogP contribution in [0.5, 0.6) is 0 Å². The second-order valence-electron chi connectivity index (χ2n) is 5.01. The highest BCUT2D eigenvalue weighted by atomic mass is 32.2. The molecule has 0 saturated heterocycles. The van der Waals surface area contributed by atoms with Gasteiger partial charge in [0.1, 0.15) is 5.82 Å². The predicted molar refractivity (Wildman–Crippen MR) is 96.8 cm³/mol. The third-order valence-corrected chi connectivity index (χ3v) is 5.08. The standard InChI is InChI=1S/C16H17N5OS2/c1-3-13-19-20-16(21(13)12-7-5-4-6-8-12)24-11(2)14(22)18-15-17-9-10-23-15/h4-11H,3H2,1-2H3,(H,17,18,22)/t11-/m1/s1. The second-order valence-corrected chi connectivity index (χ2v) is 7.21. The number of hydrogen-bond donors (Lipinski definition) is 1. The van der Waals surface area contributed by atoms with E-state index in [1.54, 1.807) is 6.20 Å². The fourth-order valence-electron chi connectivity index (χ4n) is 2.15. The van der Waals surface area contributed by atoms with Gasteiger partial charge in [-0.2, -0.15) is 0 Å². The number of hydrogen-bond acceptors (Lipinski definition) is 6. The minimum absolute atomic E-state index is 0.101. The number of rotatable bonds is 6. The van der Waals surface area contributed by atoms with Gasteiger partial charge in [-0.25, -0.2) is 4.98 Å². The van der Waals surface area contributed by atoms with E-state index in [-0.39, 0.29) is 11.2 Å². The molecule has 2 heterocycles. The first kappa shape index (κ1) is 16.7. The van der Waals surface area contributed by atoms with E-state index in [1.165, 1.54) is 23.1 Å². The molecule has 0 aliphatic rings. The van der Waals surface area contributed by atoms with Gasteiger partial charge in [-0.1, -0.05) is 36.9 Å². The van der Waals surface area contributed by atoms with Crippen molar-refractivity contribution >= 4 is 34.1 Å². The number of thiazole rings is 1. The quantitative estimate of drug-likeness (QED) is 0.683. The highest BCUT2D eigenvalue weighted by Crippen LogP contribution is 2.26. The van der Waals surface area contributed by atoms with E-state index in [0.29, 0.717) is 10.3 Å². The molecule has 1 aromatic carbocycles. The number of anilines is 1. The largest absolute Gasteiger partial charge is 0.301 e. The number of aryl methyl sites for hydroxylation is 1. The minimum atomic E-state index is -0.315. The van der Waals surface area contributed by atoms with Crippen LogP contribution in [-0.4, -0.2) is 30.9 Å². The van der Waals surface area contributed by atoms with Crippen molar-refractivity contribution < 1.29 is 4.79 Å². The summed E-state index contributed by atoms with van der Waals surface area (Å²) in [4.78, 5) is 16.4. The van der Waals surface area contributed by atoms with Crippen LogP contribution in [0, 0.1) is 0 Å². The van der Waals surface area contributed by atoms with Gasteiger partial charge < -0.3 is 5.32 Å². The van der Waals surface area contributed by atoms with Crippen molar-refractivity contribution in [3.63, 3.8) is 0 Å². The number of amides is 1. The summed E-state index contributed by atoms with van der Waals surface area (Å²) in [6, 6.07) is 9.93. The van der Waals surface area contributed by atoms with Gasteiger partial charge in [-0.15, -0.1) is 21.5 Å². The van der Waals surface area contributed by atoms with Crippen LogP contribution in [0.25, 0.3) is 5.69 Å². The molecule has 0 bridgehead atoms. The van der Waals surface area contributed by atoms with Crippen molar-refractivity contribution in [2.75, 3.05) is 5.32 Å². The molecule has 0 aliphatic heterocycles. The molecule has 3 aromatic rings. The van der Waals surface area contributed by atoms with Gasteiger partial charge in [0.15, 0.2) is 10.3 Å². The molecule has 124 valence electrons. The molecule has 24 heavy (non-hydrogen) atoms. The summed E-state index contributed by atoms with van der Waals surface area (Å²) >= 11 is 2.78. The lowest BCUT2D eigenvalue weighted by Crippen LogP contribution is -2.22. The maximum atomic E-state index is 12.3. The second kappa shape index (κ2) is 7.59. The average Bonchev–Trinajstić information content (AvgIpc) is 3.25. The molecule has 8 heteroatoms. The zero-order valence-corrected chi connectivity index (χ0v) is 15.0. The first-order chi connectivity index (χ1) is 11.7. The Morgan fingerprint density at radius 3 is 2.79 bits per heavy atom. The fourth-order valence-corrected chi connectivity index (χ4v) is 3.56. The van der Waals surface area contributed by atoms with Gasteiger partial charge in [0, 0.05) is 23.7 Å². The zero-order chi connectivity index (χ0) is 16.9. The number of para-hydroxylation sites is 1. The first-order valence-corrected chi connectivity index (χ1v) is 9.31. The summed E-state index contributed by atoms with van der Waals surface area (Å²) in [5.41, 5.74) is 0.995. The van der Waals surface area contributed by atoms with Crippen molar-refractivity contribution in [2.45, 2.75) is 30.7 Å². The number of thioether (sulfide) groups is 1. The molecule has 1 N–H and O–H groups in total. The molecule has 6 nitrogen and oxygen atoms in total. The van der Waals surface area contributed by atoms with E-state index in [0.717, 1.165) is 17.9 Å². The maximum Gasteiger partial charge on any atom is 0.239 e. The van der Waals surface area contributed by atoms with E-state index in [1.807, 2.05) is 54.1 Å². The van der Waals surface area contributed by atoms with Gasteiger partial charge in [-0.3, -0.25) is 9.36 Å². The Bertz CT molecular complexity index is 801. The van der Waals surface area contributed by atoms with Crippen LogP contribution in [0.1, 0.15) is 19.7 Å². The molecule has 0 saturated carbocycles. The lowest BCUT2D eigenvalue weighted by Gasteiger charge is -2.12. The van der Waals surface area contributed by atoms with E-state index < -0.39 is 0 Å². The Labute approximate surface area is 148 Å². The SMILES string of the molecule is CCc1nnc(S[C@H](C)C(=O)Nc2nccs2)n1-c1ccccc1. The normalized spacial score (nSPS) is 12.1. The Morgan fingerprint density at radius 2 is 2.12 bits per heavy atom. The van der Waals surface area contributed by atoms with Gasteiger partial charge in [0.25, 0.3) is 0 Å². The van der Waals surface area contributed by atoms with Gasteiger partial charge in [0.2, 0.25) is 5.91 Å². The first-order valence-electron chi connectivity index (χ1n) is 7.55. The monoisotopic (exact) mass is 359 g/mol. The van der Waals surface area contributed by atoms with Crippen molar-refractivity contribution in [1.29, 1.82) is 0 Å². The Balaban J connectivity index is 1.80. The summed E-state index contributed by atoms with van der Waals surface area (Å²) < 4.78 is 2.00. The lowest BCUT2D eigenvalue weighted by molar-refractivity contribution is -0.115. The number of nitrogens with one attached hydrogen (secondary N) is 1. The number of carbonyl (C=O) groups is 1. The zero-order valence-electron chi connectivity index (χ0n) is 13.3. The number of aromatic nitrogens is 4. The van der Waals surface area contributed by atoms with Crippen molar-refractivity contribution in [1.82, 2.24) is 19.7 Å². The number of nitrogens with zero attached hydrogens (tertiary/aromatic N) is 4. The third-order valence-electron chi connectivity index (χ3n) is 3.34. The molecule has 3 rings (SSSR count). The molecular formula is C16H17N5OS2. The van der Waals surface area contributed by atoms with Crippen molar-refractivity contribution in [3.05, 3.63) is 47.7 Å². The van der Waals surface area contributed by atoms with E-state index in [2.05, 4.69) is 20.5 Å². The van der Waals surface area contributed by atoms with Crippen LogP contribution in [0.4, 0.5) is 5.13 Å². The van der Waals surface area contributed by atoms with Crippen molar-refractivity contribution in [2.24, 2.45) is 0 Å². The summed E-state index contributed by atoms with van der Waals surface area (Å²) in [6.45, 7) is 3.89. The highest BCUT2D eigenvalue weighted by Gasteiger charge is 2.21.